The fourth-order valence-electron chi connectivity index (χ4n) is 5.28. The summed E-state index contributed by atoms with van der Waals surface area (Å²) in [5.74, 6) is -0.453. The summed E-state index contributed by atoms with van der Waals surface area (Å²) in [5, 5.41) is 22.9. The Hall–Kier alpha value is -3.96. The first-order chi connectivity index (χ1) is 18.6. The summed E-state index contributed by atoms with van der Waals surface area (Å²) < 4.78 is 50.4. The van der Waals surface area contributed by atoms with E-state index in [-0.39, 0.29) is 53.5 Å². The minimum absolute atomic E-state index is 0.0846. The zero-order chi connectivity index (χ0) is 27.8. The molecule has 4 aromatic rings. The number of β-amino-alcohol motifs (C(OH)–C–C–N with tert-alkyl or cyclic N) is 1. The highest BCUT2D eigenvalue weighted by molar-refractivity contribution is 5.97. The minimum atomic E-state index is -5.04. The number of piperidine rings is 1. The Labute approximate surface area is 221 Å². The second kappa shape index (κ2) is 10.3. The van der Waals surface area contributed by atoms with Crippen LogP contribution < -0.4 is 0 Å². The van der Waals surface area contributed by atoms with Crippen LogP contribution in [0.25, 0.3) is 10.9 Å². The number of nitro benzene ring substituents is 1. The standard InChI is InChI=1S/C28H26F3N3O5/c29-28(30,31)27(36,18-32-11-8-20(9-12-32)26(35)21-10-13-39-17-21)24-16-33(15-19-4-2-1-3-5-19)25-14-22(34(37)38)6-7-23(24)25/h1-7,10,13-14,16-17,20,36H,8-9,11-12,15,18H2. The van der Waals surface area contributed by atoms with Crippen LogP contribution in [0.3, 0.4) is 0 Å². The smallest absolute Gasteiger partial charge is 0.422 e. The Morgan fingerprint density at radius 2 is 1.82 bits per heavy atom. The lowest BCUT2D eigenvalue weighted by Crippen LogP contribution is -2.52. The van der Waals surface area contributed by atoms with Crippen LogP contribution in [0.1, 0.15) is 34.3 Å². The third-order valence-corrected chi connectivity index (χ3v) is 7.40. The van der Waals surface area contributed by atoms with Crippen LogP contribution in [0.4, 0.5) is 18.9 Å². The zero-order valence-corrected chi connectivity index (χ0v) is 20.8. The Bertz CT molecular complexity index is 1480. The number of nitrogens with zero attached hydrogens (tertiary/aromatic N) is 3. The normalized spacial score (nSPS) is 16.8. The number of aromatic nitrogens is 1. The number of benzene rings is 2. The number of carbonyl (C=O) groups is 1. The summed E-state index contributed by atoms with van der Waals surface area (Å²) in [6.45, 7) is -0.180. The van der Waals surface area contributed by atoms with E-state index in [0.717, 1.165) is 11.6 Å². The molecule has 1 aliphatic heterocycles. The van der Waals surface area contributed by atoms with E-state index in [9.17, 15) is 33.2 Å². The summed E-state index contributed by atoms with van der Waals surface area (Å²) in [6, 6.07) is 14.2. The number of nitro groups is 1. The summed E-state index contributed by atoms with van der Waals surface area (Å²) in [7, 11) is 0. The molecule has 1 unspecified atom stereocenters. The number of furan rings is 1. The predicted octanol–water partition coefficient (Wildman–Crippen LogP) is 5.54. The molecule has 0 radical (unpaired) electrons. The van der Waals surface area contributed by atoms with Crippen LogP contribution in [-0.2, 0) is 12.1 Å². The van der Waals surface area contributed by atoms with Crippen molar-refractivity contribution in [1.82, 2.24) is 9.47 Å². The number of likely N-dealkylation sites (tertiary alicyclic amines) is 1. The third-order valence-electron chi connectivity index (χ3n) is 7.40. The highest BCUT2D eigenvalue weighted by atomic mass is 19.4. The number of carbonyl (C=O) groups excluding carboxylic acids is 1. The van der Waals surface area contributed by atoms with Crippen LogP contribution >= 0.6 is 0 Å². The maximum Gasteiger partial charge on any atom is 0.422 e. The molecule has 11 heteroatoms. The summed E-state index contributed by atoms with van der Waals surface area (Å²) >= 11 is 0. The van der Waals surface area contributed by atoms with Crippen LogP contribution in [0.2, 0.25) is 0 Å². The number of hydrogen-bond acceptors (Lipinski definition) is 6. The average molecular weight is 542 g/mol. The average Bonchev–Trinajstić information content (AvgIpc) is 3.57. The summed E-state index contributed by atoms with van der Waals surface area (Å²) in [6.07, 6.45) is -0.352. The van der Waals surface area contributed by atoms with E-state index in [0.29, 0.717) is 18.4 Å². The van der Waals surface area contributed by atoms with Gasteiger partial charge in [-0.1, -0.05) is 30.3 Å². The molecule has 1 atom stereocenters. The van der Waals surface area contributed by atoms with Crippen molar-refractivity contribution in [3.8, 4) is 0 Å². The molecule has 39 heavy (non-hydrogen) atoms. The monoisotopic (exact) mass is 541 g/mol. The van der Waals surface area contributed by atoms with E-state index >= 15 is 0 Å². The van der Waals surface area contributed by atoms with Gasteiger partial charge in [-0.3, -0.25) is 19.8 Å². The molecule has 1 aliphatic rings. The quantitative estimate of drug-likeness (QED) is 0.179. The largest absolute Gasteiger partial charge is 0.472 e. The van der Waals surface area contributed by atoms with Crippen molar-refractivity contribution in [1.29, 1.82) is 0 Å². The molecular weight excluding hydrogens is 515 g/mol. The molecule has 2 aromatic carbocycles. The molecule has 5 rings (SSSR count). The van der Waals surface area contributed by atoms with Gasteiger partial charge >= 0.3 is 6.18 Å². The van der Waals surface area contributed by atoms with E-state index in [2.05, 4.69) is 0 Å². The van der Waals surface area contributed by atoms with Gasteiger partial charge in [-0.25, -0.2) is 0 Å². The number of ketones is 1. The maximum atomic E-state index is 14.6. The number of aliphatic hydroxyl groups is 1. The van der Waals surface area contributed by atoms with Gasteiger partial charge < -0.3 is 14.1 Å². The Morgan fingerprint density at radius 3 is 2.44 bits per heavy atom. The van der Waals surface area contributed by atoms with Crippen LogP contribution in [0.15, 0.2) is 77.7 Å². The third kappa shape index (κ3) is 5.19. The van der Waals surface area contributed by atoms with Gasteiger partial charge in [0.25, 0.3) is 5.69 Å². The molecule has 1 N–H and O–H groups in total. The van der Waals surface area contributed by atoms with Gasteiger partial charge in [0.05, 0.1) is 22.3 Å². The number of Topliss-reactive ketones (excluding diaryl/α,β-unsaturated/α-hetero) is 1. The van der Waals surface area contributed by atoms with Gasteiger partial charge in [-0.2, -0.15) is 13.2 Å². The van der Waals surface area contributed by atoms with Crippen LogP contribution in [-0.4, -0.2) is 51.1 Å². The second-order valence-electron chi connectivity index (χ2n) is 9.90. The number of hydrogen-bond donors (Lipinski definition) is 1. The van der Waals surface area contributed by atoms with Crippen LogP contribution in [0.5, 0.6) is 0 Å². The highest BCUT2D eigenvalue weighted by Crippen LogP contribution is 2.44. The first-order valence-corrected chi connectivity index (χ1v) is 12.5. The van der Waals surface area contributed by atoms with Crippen molar-refractivity contribution < 1.29 is 32.4 Å². The topological polar surface area (TPSA) is 102 Å². The molecule has 0 spiro atoms. The molecule has 0 amide bonds. The molecule has 0 bridgehead atoms. The SMILES string of the molecule is O=C(c1ccoc1)C1CCN(CC(O)(c2cn(Cc3ccccc3)c3cc([N+](=O)[O-])ccc23)C(F)(F)F)CC1. The number of alkyl halides is 3. The number of non-ortho nitro benzene ring substituents is 1. The van der Waals surface area contributed by atoms with Gasteiger partial charge in [0.1, 0.15) is 6.26 Å². The Morgan fingerprint density at radius 1 is 1.10 bits per heavy atom. The zero-order valence-electron chi connectivity index (χ0n) is 20.8. The molecule has 1 saturated heterocycles. The van der Waals surface area contributed by atoms with Crippen molar-refractivity contribution >= 4 is 22.4 Å². The van der Waals surface area contributed by atoms with Crippen molar-refractivity contribution in [3.05, 3.63) is 100 Å². The Balaban J connectivity index is 1.47. The van der Waals surface area contributed by atoms with E-state index in [4.69, 9.17) is 4.42 Å². The van der Waals surface area contributed by atoms with E-state index < -0.39 is 23.2 Å². The molecule has 8 nitrogen and oxygen atoms in total. The van der Waals surface area contributed by atoms with Gasteiger partial charge in [-0.05, 0) is 43.6 Å². The van der Waals surface area contributed by atoms with Crippen LogP contribution in [0, 0.1) is 16.0 Å². The number of fused-ring (bicyclic) bond motifs is 1. The predicted molar refractivity (Wildman–Crippen MR) is 136 cm³/mol. The molecule has 0 aliphatic carbocycles. The molecule has 204 valence electrons. The van der Waals surface area contributed by atoms with Crippen molar-refractivity contribution in [2.45, 2.75) is 31.2 Å². The van der Waals surface area contributed by atoms with Crippen molar-refractivity contribution in [3.63, 3.8) is 0 Å². The summed E-state index contributed by atoms with van der Waals surface area (Å²) in [5.41, 5.74) is -2.44. The molecule has 0 saturated carbocycles. The lowest BCUT2D eigenvalue weighted by Gasteiger charge is -2.38. The van der Waals surface area contributed by atoms with Gasteiger partial charge in [0.15, 0.2) is 5.78 Å². The Kier molecular flexibility index (Phi) is 7.04. The molecule has 2 aromatic heterocycles. The first kappa shape index (κ1) is 26.6. The fourth-order valence-corrected chi connectivity index (χ4v) is 5.28. The van der Waals surface area contributed by atoms with Gasteiger partial charge in [0.2, 0.25) is 5.60 Å². The first-order valence-electron chi connectivity index (χ1n) is 12.5. The van der Waals surface area contributed by atoms with E-state index in [1.54, 1.807) is 30.3 Å². The summed E-state index contributed by atoms with van der Waals surface area (Å²) in [4.78, 5) is 25.0. The maximum absolute atomic E-state index is 14.6. The fraction of sp³-hybridized carbons (Fsp3) is 0.321. The number of rotatable bonds is 8. The molecule has 1 fully saturated rings. The van der Waals surface area contributed by atoms with E-state index in [1.165, 1.54) is 40.3 Å². The molecule has 3 heterocycles. The number of halogens is 3. The molecular formula is C28H26F3N3O5. The van der Waals surface area contributed by atoms with Crippen molar-refractivity contribution in [2.24, 2.45) is 5.92 Å². The van der Waals surface area contributed by atoms with Crippen molar-refractivity contribution in [2.75, 3.05) is 19.6 Å². The van der Waals surface area contributed by atoms with E-state index in [1.807, 2.05) is 6.07 Å². The minimum Gasteiger partial charge on any atom is -0.472 e. The second-order valence-corrected chi connectivity index (χ2v) is 9.90. The lowest BCUT2D eigenvalue weighted by molar-refractivity contribution is -0.384. The van der Waals surface area contributed by atoms with Gasteiger partial charge in [0, 0.05) is 48.3 Å². The highest BCUT2D eigenvalue weighted by Gasteiger charge is 2.57. The van der Waals surface area contributed by atoms with Gasteiger partial charge in [-0.15, -0.1) is 0 Å². The lowest BCUT2D eigenvalue weighted by atomic mass is 9.87.